The van der Waals surface area contributed by atoms with Crippen molar-refractivity contribution in [1.29, 1.82) is 0 Å². The topological polar surface area (TPSA) is 50.3 Å². The number of benzene rings is 3. The summed E-state index contributed by atoms with van der Waals surface area (Å²) in [5.74, 6) is -0.532. The molecule has 4 aromatic rings. The molecule has 29 heavy (non-hydrogen) atoms. The van der Waals surface area contributed by atoms with Gasteiger partial charge in [0.15, 0.2) is 5.78 Å². The third kappa shape index (κ3) is 4.38. The van der Waals surface area contributed by atoms with E-state index in [1.807, 2.05) is 48.5 Å². The number of hydrogen-bond donors (Lipinski definition) is 0. The largest absolute Gasteiger partial charge is 0.308 e. The molecule has 0 bridgehead atoms. The van der Waals surface area contributed by atoms with Crippen LogP contribution in [0.15, 0.2) is 97.2 Å². The van der Waals surface area contributed by atoms with E-state index in [0.29, 0.717) is 12.2 Å². The fourth-order valence-corrected chi connectivity index (χ4v) is 3.30. The highest BCUT2D eigenvalue weighted by Crippen LogP contribution is 2.21. The van der Waals surface area contributed by atoms with Crippen LogP contribution in [0.5, 0.6) is 0 Å². The number of hydrogen-bond acceptors (Lipinski definition) is 3. The van der Waals surface area contributed by atoms with Crippen molar-refractivity contribution in [3.8, 4) is 0 Å². The number of carbonyl (C=O) groups is 2. The van der Waals surface area contributed by atoms with Crippen LogP contribution < -0.4 is 4.90 Å². The van der Waals surface area contributed by atoms with Gasteiger partial charge >= 0.3 is 0 Å². The summed E-state index contributed by atoms with van der Waals surface area (Å²) >= 11 is 0. The van der Waals surface area contributed by atoms with Gasteiger partial charge in [0, 0.05) is 11.9 Å². The number of para-hydroxylation sites is 1. The molecule has 4 nitrogen and oxygen atoms in total. The van der Waals surface area contributed by atoms with Crippen molar-refractivity contribution in [3.05, 3.63) is 108 Å². The molecule has 0 N–H and O–H groups in total. The number of carbonyl (C=O) groups excluding carboxylic acids is 2. The second-order valence-electron chi connectivity index (χ2n) is 6.81. The minimum atomic E-state index is -0.282. The first-order valence-electron chi connectivity index (χ1n) is 9.48. The molecular weight excluding hydrogens is 360 g/mol. The zero-order chi connectivity index (χ0) is 20.1. The number of pyridine rings is 1. The van der Waals surface area contributed by atoms with E-state index in [4.69, 9.17) is 0 Å². The van der Waals surface area contributed by atoms with E-state index in [0.717, 1.165) is 22.0 Å². The van der Waals surface area contributed by atoms with Crippen molar-refractivity contribution in [2.75, 3.05) is 4.90 Å². The molecule has 0 unspecified atom stereocenters. The Morgan fingerprint density at radius 2 is 1.48 bits per heavy atom. The number of Topliss-reactive ketones (excluding diaryl/α,β-unsaturated/α-hetero) is 1. The Morgan fingerprint density at radius 1 is 0.759 bits per heavy atom. The van der Waals surface area contributed by atoms with Gasteiger partial charge < -0.3 is 4.90 Å². The van der Waals surface area contributed by atoms with Crippen LogP contribution in [-0.4, -0.2) is 16.7 Å². The zero-order valence-corrected chi connectivity index (χ0v) is 15.9. The Labute approximate surface area is 169 Å². The molecule has 0 aliphatic rings. The number of aromatic nitrogens is 1. The monoisotopic (exact) mass is 380 g/mol. The van der Waals surface area contributed by atoms with Crippen LogP contribution in [0.2, 0.25) is 0 Å². The van der Waals surface area contributed by atoms with Gasteiger partial charge in [0.05, 0.1) is 13.0 Å². The molecule has 4 heteroatoms. The number of anilines is 1. The Hall–Kier alpha value is -3.79. The van der Waals surface area contributed by atoms with E-state index >= 15 is 0 Å². The van der Waals surface area contributed by atoms with Crippen molar-refractivity contribution in [1.82, 2.24) is 4.98 Å². The molecule has 0 aliphatic carbocycles. The molecule has 0 atom stereocenters. The second-order valence-corrected chi connectivity index (χ2v) is 6.81. The second kappa shape index (κ2) is 8.48. The Kier molecular flexibility index (Phi) is 5.43. The van der Waals surface area contributed by atoms with Gasteiger partial charge in [-0.1, -0.05) is 60.7 Å². The average Bonchev–Trinajstić information content (AvgIpc) is 2.78. The maximum atomic E-state index is 13.1. The Balaban J connectivity index is 1.61. The lowest BCUT2D eigenvalue weighted by Crippen LogP contribution is -2.32. The molecule has 0 fully saturated rings. The molecular formula is C25H20N2O2. The first kappa shape index (κ1) is 18.6. The molecule has 0 saturated carbocycles. The first-order chi connectivity index (χ1) is 14.2. The fourth-order valence-electron chi connectivity index (χ4n) is 3.30. The minimum absolute atomic E-state index is 0.223. The third-order valence-electron chi connectivity index (χ3n) is 4.79. The number of fused-ring (bicyclic) bond motifs is 1. The van der Waals surface area contributed by atoms with E-state index in [1.165, 1.54) is 0 Å². The van der Waals surface area contributed by atoms with Crippen molar-refractivity contribution in [2.45, 2.75) is 13.0 Å². The fraction of sp³-hybridized carbons (Fsp3) is 0.0800. The van der Waals surface area contributed by atoms with E-state index in [-0.39, 0.29) is 18.1 Å². The summed E-state index contributed by atoms with van der Waals surface area (Å²) in [7, 11) is 0. The van der Waals surface area contributed by atoms with Gasteiger partial charge in [-0.15, -0.1) is 0 Å². The molecule has 0 saturated heterocycles. The maximum Gasteiger partial charge on any atom is 0.235 e. The molecule has 0 spiro atoms. The Bertz CT molecular complexity index is 1140. The number of rotatable bonds is 6. The predicted molar refractivity (Wildman–Crippen MR) is 115 cm³/mol. The summed E-state index contributed by atoms with van der Waals surface area (Å²) in [6.45, 7) is 0.392. The molecule has 4 rings (SSSR count). The van der Waals surface area contributed by atoms with Crippen LogP contribution in [0, 0.1) is 0 Å². The molecule has 0 radical (unpaired) electrons. The van der Waals surface area contributed by atoms with E-state index in [1.54, 1.807) is 29.3 Å². The van der Waals surface area contributed by atoms with Crippen LogP contribution >= 0.6 is 0 Å². The van der Waals surface area contributed by atoms with Crippen molar-refractivity contribution >= 4 is 28.2 Å². The predicted octanol–water partition coefficient (Wildman–Crippen LogP) is 5.04. The molecule has 0 aliphatic heterocycles. The highest BCUT2D eigenvalue weighted by molar-refractivity contribution is 6.11. The van der Waals surface area contributed by atoms with Crippen molar-refractivity contribution in [2.24, 2.45) is 0 Å². The minimum Gasteiger partial charge on any atom is -0.308 e. The lowest BCUT2D eigenvalue weighted by atomic mass is 10.1. The molecule has 1 amide bonds. The molecule has 3 aromatic carbocycles. The first-order valence-corrected chi connectivity index (χ1v) is 9.48. The quantitative estimate of drug-likeness (QED) is 0.348. The summed E-state index contributed by atoms with van der Waals surface area (Å²) in [6.07, 6.45) is 1.33. The normalized spacial score (nSPS) is 10.6. The summed E-state index contributed by atoms with van der Waals surface area (Å²) < 4.78 is 0. The highest BCUT2D eigenvalue weighted by atomic mass is 16.2. The summed E-state index contributed by atoms with van der Waals surface area (Å²) in [6, 6.07) is 28.8. The van der Waals surface area contributed by atoms with Gasteiger partial charge in [-0.2, -0.15) is 0 Å². The highest BCUT2D eigenvalue weighted by Gasteiger charge is 2.21. The molecule has 142 valence electrons. The number of amides is 1. The Morgan fingerprint density at radius 3 is 2.24 bits per heavy atom. The average molecular weight is 380 g/mol. The third-order valence-corrected chi connectivity index (χ3v) is 4.79. The summed E-state index contributed by atoms with van der Waals surface area (Å²) in [5.41, 5.74) is 2.07. The SMILES string of the molecule is O=C(CC(=O)N(Cc1ccc2ccccc2c1)c1ccccc1)c1ccccn1. The van der Waals surface area contributed by atoms with Crippen molar-refractivity contribution in [3.63, 3.8) is 0 Å². The van der Waals surface area contributed by atoms with Gasteiger partial charge in [-0.05, 0) is 46.7 Å². The standard InChI is InChI=1S/C25H20N2O2/c28-24(23-12-6-7-15-26-23)17-25(29)27(22-10-2-1-3-11-22)18-19-13-14-20-8-4-5-9-21(20)16-19/h1-16H,17-18H2. The summed E-state index contributed by atoms with van der Waals surface area (Å²) in [4.78, 5) is 31.3. The lowest BCUT2D eigenvalue weighted by molar-refractivity contribution is -0.117. The van der Waals surface area contributed by atoms with E-state index in [2.05, 4.69) is 29.2 Å². The molecule has 1 aromatic heterocycles. The van der Waals surface area contributed by atoms with Crippen LogP contribution in [-0.2, 0) is 11.3 Å². The van der Waals surface area contributed by atoms with Gasteiger partial charge in [0.1, 0.15) is 5.69 Å². The van der Waals surface area contributed by atoms with E-state index in [9.17, 15) is 9.59 Å². The lowest BCUT2D eigenvalue weighted by Gasteiger charge is -2.23. The van der Waals surface area contributed by atoms with Gasteiger partial charge in [-0.25, -0.2) is 0 Å². The van der Waals surface area contributed by atoms with Crippen LogP contribution in [0.4, 0.5) is 5.69 Å². The number of nitrogens with zero attached hydrogens (tertiary/aromatic N) is 2. The van der Waals surface area contributed by atoms with Gasteiger partial charge in [-0.3, -0.25) is 14.6 Å². The van der Waals surface area contributed by atoms with Crippen LogP contribution in [0.1, 0.15) is 22.5 Å². The smallest absolute Gasteiger partial charge is 0.235 e. The summed E-state index contributed by atoms with van der Waals surface area (Å²) in [5, 5.41) is 2.27. The van der Waals surface area contributed by atoms with Crippen LogP contribution in [0.25, 0.3) is 10.8 Å². The molecule has 1 heterocycles. The van der Waals surface area contributed by atoms with Crippen LogP contribution in [0.3, 0.4) is 0 Å². The van der Waals surface area contributed by atoms with E-state index < -0.39 is 0 Å². The van der Waals surface area contributed by atoms with Crippen molar-refractivity contribution < 1.29 is 9.59 Å². The van der Waals surface area contributed by atoms with Gasteiger partial charge in [0.25, 0.3) is 0 Å². The maximum absolute atomic E-state index is 13.1. The van der Waals surface area contributed by atoms with Gasteiger partial charge in [0.2, 0.25) is 5.91 Å². The zero-order valence-electron chi connectivity index (χ0n) is 15.9. The number of ketones is 1.